The first kappa shape index (κ1) is 17.1. The number of ether oxygens (including phenoxy) is 2. The normalized spacial score (nSPS) is 19.9. The summed E-state index contributed by atoms with van der Waals surface area (Å²) in [6.45, 7) is 0.489. The molecule has 0 saturated carbocycles. The van der Waals surface area contributed by atoms with Gasteiger partial charge in [-0.2, -0.15) is 4.39 Å². The number of hydrogen-bond donors (Lipinski definition) is 1. The monoisotopic (exact) mass is 440 g/mol. The highest BCUT2D eigenvalue weighted by Crippen LogP contribution is 2.52. The molecule has 0 fully saturated rings. The van der Waals surface area contributed by atoms with Crippen molar-refractivity contribution in [3.63, 3.8) is 0 Å². The number of aliphatic imine (C=N–C) groups is 1. The fourth-order valence-corrected chi connectivity index (χ4v) is 4.05. The van der Waals surface area contributed by atoms with E-state index in [0.29, 0.717) is 35.7 Å². The molecule has 4 heterocycles. The quantitative estimate of drug-likeness (QED) is 0.575. The summed E-state index contributed by atoms with van der Waals surface area (Å²) in [6.07, 6.45) is 3.63. The van der Waals surface area contributed by atoms with E-state index >= 15 is 0 Å². The average molecular weight is 441 g/mol. The molecule has 28 heavy (non-hydrogen) atoms. The Morgan fingerprint density at radius 1 is 1.14 bits per heavy atom. The largest absolute Gasteiger partial charge is 0.449 e. The van der Waals surface area contributed by atoms with Gasteiger partial charge in [-0.05, 0) is 51.8 Å². The maximum absolute atomic E-state index is 14.3. The van der Waals surface area contributed by atoms with E-state index in [2.05, 4.69) is 30.9 Å². The molecule has 8 heteroatoms. The van der Waals surface area contributed by atoms with Crippen LogP contribution in [0.25, 0.3) is 11.1 Å². The number of nitrogens with zero attached hydrogens (tertiary/aromatic N) is 3. The lowest BCUT2D eigenvalue weighted by atomic mass is 9.80. The van der Waals surface area contributed by atoms with E-state index in [1.165, 1.54) is 6.20 Å². The fourth-order valence-electron chi connectivity index (χ4n) is 3.71. The molecule has 140 valence electrons. The molecule has 2 aromatic heterocycles. The Bertz CT molecular complexity index is 1140. The van der Waals surface area contributed by atoms with E-state index in [9.17, 15) is 4.39 Å². The van der Waals surface area contributed by atoms with Gasteiger partial charge in [0.15, 0.2) is 5.60 Å². The molecule has 2 N–H and O–H groups in total. The number of nitrogens with two attached hydrogens (primary N) is 1. The average Bonchev–Trinajstić information content (AvgIpc) is 2.69. The van der Waals surface area contributed by atoms with Crippen molar-refractivity contribution in [3.8, 4) is 22.8 Å². The molecular formula is C20H14BrFN4O2. The number of rotatable bonds is 1. The maximum atomic E-state index is 14.3. The molecule has 5 rings (SSSR count). The Morgan fingerprint density at radius 3 is 2.86 bits per heavy atom. The van der Waals surface area contributed by atoms with Crippen LogP contribution in [-0.4, -0.2) is 22.5 Å². The van der Waals surface area contributed by atoms with Crippen molar-refractivity contribution in [1.29, 1.82) is 0 Å². The van der Waals surface area contributed by atoms with Gasteiger partial charge in [0.2, 0.25) is 11.8 Å². The molecule has 1 aromatic carbocycles. The molecule has 2 aliphatic rings. The van der Waals surface area contributed by atoms with Crippen LogP contribution in [0.4, 0.5) is 4.39 Å². The van der Waals surface area contributed by atoms with Crippen LogP contribution in [0.2, 0.25) is 0 Å². The van der Waals surface area contributed by atoms with Gasteiger partial charge in [0, 0.05) is 41.0 Å². The lowest BCUT2D eigenvalue weighted by Crippen LogP contribution is -2.42. The number of benzene rings is 1. The minimum atomic E-state index is -0.916. The summed E-state index contributed by atoms with van der Waals surface area (Å²) < 4.78 is 27.2. The predicted molar refractivity (Wildman–Crippen MR) is 105 cm³/mol. The summed E-state index contributed by atoms with van der Waals surface area (Å²) in [7, 11) is 0. The first-order chi connectivity index (χ1) is 13.6. The predicted octanol–water partition coefficient (Wildman–Crippen LogP) is 4.13. The third-order valence-corrected chi connectivity index (χ3v) is 5.39. The van der Waals surface area contributed by atoms with Crippen molar-refractivity contribution in [2.75, 3.05) is 6.54 Å². The van der Waals surface area contributed by atoms with E-state index in [1.54, 1.807) is 30.5 Å². The smallest absolute Gasteiger partial charge is 0.283 e. The number of pyridine rings is 2. The van der Waals surface area contributed by atoms with Gasteiger partial charge in [-0.3, -0.25) is 0 Å². The summed E-state index contributed by atoms with van der Waals surface area (Å²) in [5, 5.41) is 0. The fraction of sp³-hybridized carbons (Fsp3) is 0.150. The molecule has 1 spiro atoms. The van der Waals surface area contributed by atoms with Crippen molar-refractivity contribution >= 4 is 22.0 Å². The molecule has 3 aromatic rings. The number of fused-ring (bicyclic) bond motifs is 4. The Labute approximate surface area is 168 Å². The lowest BCUT2D eigenvalue weighted by Gasteiger charge is -2.41. The van der Waals surface area contributed by atoms with E-state index in [4.69, 9.17) is 15.2 Å². The highest BCUT2D eigenvalue weighted by atomic mass is 79.9. The topological polar surface area (TPSA) is 82.6 Å². The molecular weight excluding hydrogens is 427 g/mol. The van der Waals surface area contributed by atoms with Gasteiger partial charge >= 0.3 is 0 Å². The second-order valence-corrected chi connectivity index (χ2v) is 7.48. The standard InChI is InChI=1S/C20H14BrFN4O2/c21-12-9-15-18(26-10-12)27-16-4-3-11(13-2-1-6-24-17(13)22)8-14(16)20(15)5-7-25-19(23)28-20/h1-4,6,8-10H,5,7H2,(H2,23,25). The van der Waals surface area contributed by atoms with Crippen molar-refractivity contribution in [2.24, 2.45) is 10.7 Å². The Balaban J connectivity index is 1.75. The minimum absolute atomic E-state index is 0.1000. The molecule has 0 bridgehead atoms. The van der Waals surface area contributed by atoms with Gasteiger partial charge < -0.3 is 15.2 Å². The van der Waals surface area contributed by atoms with Crippen molar-refractivity contribution < 1.29 is 13.9 Å². The minimum Gasteiger partial charge on any atom is -0.449 e. The third kappa shape index (κ3) is 2.56. The van der Waals surface area contributed by atoms with E-state index in [1.807, 2.05) is 12.1 Å². The number of amidine groups is 1. The zero-order valence-electron chi connectivity index (χ0n) is 14.5. The summed E-state index contributed by atoms with van der Waals surface area (Å²) in [6, 6.07) is 10.8. The SMILES string of the molecule is NC1=NCCC2(O1)c1cc(-c3cccnc3F)ccc1Oc1ncc(Br)cc12. The molecule has 0 saturated heterocycles. The van der Waals surface area contributed by atoms with Crippen LogP contribution in [0, 0.1) is 5.95 Å². The number of aromatic nitrogens is 2. The lowest BCUT2D eigenvalue weighted by molar-refractivity contribution is 0.0626. The van der Waals surface area contributed by atoms with Crippen molar-refractivity contribution in [3.05, 3.63) is 70.3 Å². The van der Waals surface area contributed by atoms with Gasteiger partial charge in [-0.15, -0.1) is 0 Å². The van der Waals surface area contributed by atoms with Gasteiger partial charge in [-0.25, -0.2) is 15.0 Å². The third-order valence-electron chi connectivity index (χ3n) is 4.95. The van der Waals surface area contributed by atoms with Crippen molar-refractivity contribution in [2.45, 2.75) is 12.0 Å². The van der Waals surface area contributed by atoms with Crippen LogP contribution in [0.5, 0.6) is 11.6 Å². The van der Waals surface area contributed by atoms with E-state index < -0.39 is 11.5 Å². The first-order valence-corrected chi connectivity index (χ1v) is 9.44. The summed E-state index contributed by atoms with van der Waals surface area (Å²) >= 11 is 3.46. The summed E-state index contributed by atoms with van der Waals surface area (Å²) in [5.74, 6) is 0.499. The highest BCUT2D eigenvalue weighted by Gasteiger charge is 2.47. The first-order valence-electron chi connectivity index (χ1n) is 8.65. The molecule has 0 amide bonds. The second-order valence-electron chi connectivity index (χ2n) is 6.56. The maximum Gasteiger partial charge on any atom is 0.283 e. The zero-order chi connectivity index (χ0) is 19.3. The number of halogens is 2. The molecule has 1 unspecified atom stereocenters. The Hall–Kier alpha value is -3.00. The van der Waals surface area contributed by atoms with Gasteiger partial charge in [0.05, 0.1) is 5.56 Å². The molecule has 0 radical (unpaired) electrons. The van der Waals surface area contributed by atoms with Gasteiger partial charge in [0.1, 0.15) is 5.75 Å². The second kappa shape index (κ2) is 6.27. The van der Waals surface area contributed by atoms with E-state index in [0.717, 1.165) is 15.6 Å². The summed E-state index contributed by atoms with van der Waals surface area (Å²) in [5.41, 5.74) is 7.60. The van der Waals surface area contributed by atoms with Crippen LogP contribution in [0.15, 0.2) is 58.3 Å². The van der Waals surface area contributed by atoms with E-state index in [-0.39, 0.29) is 6.02 Å². The van der Waals surface area contributed by atoms with Crippen LogP contribution < -0.4 is 10.5 Å². The van der Waals surface area contributed by atoms with Gasteiger partial charge in [0.25, 0.3) is 6.02 Å². The van der Waals surface area contributed by atoms with Gasteiger partial charge in [-0.1, -0.05) is 6.07 Å². The number of hydrogen-bond acceptors (Lipinski definition) is 6. The molecule has 0 aliphatic carbocycles. The van der Waals surface area contributed by atoms with Crippen molar-refractivity contribution in [1.82, 2.24) is 9.97 Å². The van der Waals surface area contributed by atoms with Crippen LogP contribution in [0.1, 0.15) is 17.5 Å². The Morgan fingerprint density at radius 2 is 2.04 bits per heavy atom. The molecule has 2 aliphatic heterocycles. The molecule has 1 atom stereocenters. The zero-order valence-corrected chi connectivity index (χ0v) is 16.1. The summed E-state index contributed by atoms with van der Waals surface area (Å²) in [4.78, 5) is 12.3. The molecule has 6 nitrogen and oxygen atoms in total. The van der Waals surface area contributed by atoms with Crippen LogP contribution in [-0.2, 0) is 10.3 Å². The van der Waals surface area contributed by atoms with Crippen LogP contribution in [0.3, 0.4) is 0 Å². The Kier molecular flexibility index (Phi) is 3.83. The van der Waals surface area contributed by atoms with Crippen LogP contribution >= 0.6 is 15.9 Å². The highest BCUT2D eigenvalue weighted by molar-refractivity contribution is 9.10.